The molecule has 1 N–H and O–H groups in total. The normalized spacial score (nSPS) is 22.2. The predicted molar refractivity (Wildman–Crippen MR) is 151 cm³/mol. The molecule has 3 aliphatic heterocycles. The average molecular weight is 570 g/mol. The standard InChI is InChI=1S/C31H40FN3O6/c1-31(2,3)41-30(38)35-13-11-27(26(32)20-35)40-24-8-9-25-28(16-24)39-15-14-34(29(25)37)19-23(36)18-33-12-10-21-6-4-5-7-22(21)17-33/h4-9,16,23,26-27,36H,10-15,17-20H2,1-3H3/t23-,26?,27?/m1/s1. The summed E-state index contributed by atoms with van der Waals surface area (Å²) in [7, 11) is 0. The van der Waals surface area contributed by atoms with Gasteiger partial charge >= 0.3 is 6.09 Å². The Kier molecular flexibility index (Phi) is 8.70. The van der Waals surface area contributed by atoms with Crippen molar-refractivity contribution in [1.82, 2.24) is 14.7 Å². The maximum absolute atomic E-state index is 15.0. The lowest BCUT2D eigenvalue weighted by Gasteiger charge is -2.35. The second-order valence-electron chi connectivity index (χ2n) is 12.1. The van der Waals surface area contributed by atoms with Gasteiger partial charge in [-0.25, -0.2) is 9.18 Å². The van der Waals surface area contributed by atoms with Crippen molar-refractivity contribution in [2.45, 2.75) is 64.1 Å². The zero-order valence-electron chi connectivity index (χ0n) is 24.1. The summed E-state index contributed by atoms with van der Waals surface area (Å²) in [6.45, 7) is 8.49. The molecule has 10 heteroatoms. The molecule has 2 unspecified atom stereocenters. The Morgan fingerprint density at radius 2 is 1.90 bits per heavy atom. The Morgan fingerprint density at radius 1 is 1.12 bits per heavy atom. The van der Waals surface area contributed by atoms with Crippen LogP contribution in [0.2, 0.25) is 0 Å². The fraction of sp³-hybridized carbons (Fsp3) is 0.548. The molecular weight excluding hydrogens is 529 g/mol. The number of rotatable bonds is 6. The Balaban J connectivity index is 1.15. The largest absolute Gasteiger partial charge is 0.491 e. The Hall–Kier alpha value is -3.37. The summed E-state index contributed by atoms with van der Waals surface area (Å²) in [5, 5.41) is 10.9. The summed E-state index contributed by atoms with van der Waals surface area (Å²) in [6.07, 6.45) is -2.09. The number of nitrogens with zero attached hydrogens (tertiary/aromatic N) is 3. The molecule has 0 bridgehead atoms. The number of ether oxygens (including phenoxy) is 3. The van der Waals surface area contributed by atoms with E-state index in [0.29, 0.717) is 43.1 Å². The summed E-state index contributed by atoms with van der Waals surface area (Å²) in [5.74, 6) is 0.550. The lowest BCUT2D eigenvalue weighted by molar-refractivity contribution is -0.0105. The molecule has 0 aromatic heterocycles. The van der Waals surface area contributed by atoms with E-state index in [1.807, 2.05) is 6.07 Å². The van der Waals surface area contributed by atoms with E-state index in [2.05, 4.69) is 23.1 Å². The first-order chi connectivity index (χ1) is 19.6. The maximum atomic E-state index is 15.0. The van der Waals surface area contributed by atoms with Crippen LogP contribution in [0.3, 0.4) is 0 Å². The first kappa shape index (κ1) is 29.1. The molecule has 1 fully saturated rings. The molecule has 222 valence electrons. The quantitative estimate of drug-likeness (QED) is 0.568. The zero-order chi connectivity index (χ0) is 29.1. The van der Waals surface area contributed by atoms with E-state index >= 15 is 0 Å². The Labute approximate surface area is 240 Å². The van der Waals surface area contributed by atoms with E-state index in [9.17, 15) is 19.1 Å². The van der Waals surface area contributed by atoms with Crippen molar-refractivity contribution in [3.05, 3.63) is 59.2 Å². The number of piperidine rings is 1. The molecule has 2 aromatic rings. The first-order valence-electron chi connectivity index (χ1n) is 14.4. The van der Waals surface area contributed by atoms with E-state index in [1.165, 1.54) is 16.0 Å². The second kappa shape index (κ2) is 12.2. The number of likely N-dealkylation sites (tertiary alicyclic amines) is 1. The third-order valence-corrected chi connectivity index (χ3v) is 7.62. The number of amides is 2. The summed E-state index contributed by atoms with van der Waals surface area (Å²) in [4.78, 5) is 30.9. The van der Waals surface area contributed by atoms with Crippen LogP contribution in [0.5, 0.6) is 11.5 Å². The van der Waals surface area contributed by atoms with Crippen LogP contribution in [0.1, 0.15) is 48.7 Å². The van der Waals surface area contributed by atoms with Crippen LogP contribution in [-0.4, -0.2) is 102 Å². The number of benzene rings is 2. The van der Waals surface area contributed by atoms with Crippen molar-refractivity contribution in [2.75, 3.05) is 45.9 Å². The fourth-order valence-electron chi connectivity index (χ4n) is 5.59. The molecule has 0 aliphatic carbocycles. The van der Waals surface area contributed by atoms with Gasteiger partial charge in [0.1, 0.15) is 29.8 Å². The van der Waals surface area contributed by atoms with Crippen molar-refractivity contribution in [3.8, 4) is 11.5 Å². The van der Waals surface area contributed by atoms with Crippen LogP contribution >= 0.6 is 0 Å². The number of aliphatic hydroxyl groups excluding tert-OH is 1. The highest BCUT2D eigenvalue weighted by Crippen LogP contribution is 2.31. The van der Waals surface area contributed by atoms with Gasteiger partial charge in [-0.2, -0.15) is 0 Å². The fourth-order valence-corrected chi connectivity index (χ4v) is 5.59. The van der Waals surface area contributed by atoms with Gasteiger partial charge in [0.25, 0.3) is 5.91 Å². The number of carbonyl (C=O) groups excluding carboxylic acids is 2. The summed E-state index contributed by atoms with van der Waals surface area (Å²) >= 11 is 0. The molecule has 41 heavy (non-hydrogen) atoms. The van der Waals surface area contributed by atoms with Crippen molar-refractivity contribution < 1.29 is 33.3 Å². The maximum Gasteiger partial charge on any atom is 0.410 e. The monoisotopic (exact) mass is 569 g/mol. The molecule has 5 rings (SSSR count). The summed E-state index contributed by atoms with van der Waals surface area (Å²) in [6, 6.07) is 13.2. The smallest absolute Gasteiger partial charge is 0.410 e. The highest BCUT2D eigenvalue weighted by atomic mass is 19.1. The van der Waals surface area contributed by atoms with Crippen LogP contribution in [0, 0.1) is 0 Å². The van der Waals surface area contributed by atoms with Crippen molar-refractivity contribution >= 4 is 12.0 Å². The molecule has 1 saturated heterocycles. The van der Waals surface area contributed by atoms with Gasteiger partial charge in [-0.1, -0.05) is 24.3 Å². The number of fused-ring (bicyclic) bond motifs is 2. The van der Waals surface area contributed by atoms with Gasteiger partial charge in [0, 0.05) is 45.2 Å². The Morgan fingerprint density at radius 3 is 2.66 bits per heavy atom. The highest BCUT2D eigenvalue weighted by Gasteiger charge is 2.35. The molecule has 0 radical (unpaired) electrons. The second-order valence-corrected chi connectivity index (χ2v) is 12.1. The van der Waals surface area contributed by atoms with Crippen LogP contribution in [0.25, 0.3) is 0 Å². The number of hydrogen-bond acceptors (Lipinski definition) is 7. The van der Waals surface area contributed by atoms with Crippen molar-refractivity contribution in [3.63, 3.8) is 0 Å². The number of alkyl halides is 1. The molecule has 3 heterocycles. The minimum atomic E-state index is -1.39. The van der Waals surface area contributed by atoms with Crippen LogP contribution < -0.4 is 9.47 Å². The van der Waals surface area contributed by atoms with Gasteiger partial charge in [-0.05, 0) is 50.5 Å². The lowest BCUT2D eigenvalue weighted by atomic mass is 10.00. The van der Waals surface area contributed by atoms with E-state index in [4.69, 9.17) is 14.2 Å². The van der Waals surface area contributed by atoms with Gasteiger partial charge in [-0.15, -0.1) is 0 Å². The molecular formula is C31H40FN3O6. The molecule has 3 atom stereocenters. The van der Waals surface area contributed by atoms with Gasteiger partial charge in [-0.3, -0.25) is 9.69 Å². The van der Waals surface area contributed by atoms with Crippen LogP contribution in [0.4, 0.5) is 9.18 Å². The third kappa shape index (κ3) is 7.29. The molecule has 3 aliphatic rings. The van der Waals surface area contributed by atoms with E-state index in [-0.39, 0.29) is 25.6 Å². The van der Waals surface area contributed by atoms with Gasteiger partial charge in [0.15, 0.2) is 6.17 Å². The van der Waals surface area contributed by atoms with Gasteiger partial charge in [0.05, 0.1) is 24.8 Å². The van der Waals surface area contributed by atoms with Gasteiger partial charge < -0.3 is 29.1 Å². The van der Waals surface area contributed by atoms with Crippen LogP contribution in [-0.2, 0) is 17.7 Å². The molecule has 2 aromatic carbocycles. The highest BCUT2D eigenvalue weighted by molar-refractivity contribution is 5.97. The lowest BCUT2D eigenvalue weighted by Crippen LogP contribution is -2.50. The van der Waals surface area contributed by atoms with E-state index in [1.54, 1.807) is 43.9 Å². The molecule has 9 nitrogen and oxygen atoms in total. The minimum Gasteiger partial charge on any atom is -0.491 e. The molecule has 0 saturated carbocycles. The average Bonchev–Trinajstić information content (AvgIpc) is 3.06. The number of halogens is 1. The van der Waals surface area contributed by atoms with Crippen molar-refractivity contribution in [2.24, 2.45) is 0 Å². The number of β-amino-alcohol motifs (C(OH)–C–C–N with tert-alkyl or cyclic N) is 1. The topological polar surface area (TPSA) is 91.8 Å². The van der Waals surface area contributed by atoms with E-state index < -0.39 is 30.1 Å². The molecule has 2 amide bonds. The van der Waals surface area contributed by atoms with Crippen molar-refractivity contribution in [1.29, 1.82) is 0 Å². The van der Waals surface area contributed by atoms with Gasteiger partial charge in [0.2, 0.25) is 0 Å². The predicted octanol–water partition coefficient (Wildman–Crippen LogP) is 3.67. The number of aliphatic hydroxyl groups is 1. The summed E-state index contributed by atoms with van der Waals surface area (Å²) in [5.41, 5.74) is 2.37. The number of carbonyl (C=O) groups is 2. The number of hydrogen-bond donors (Lipinski definition) is 1. The SMILES string of the molecule is CC(C)(C)OC(=O)N1CCC(Oc2ccc3c(c2)OCCN(C[C@H](O)CN2CCc4ccccc4C2)C3=O)C(F)C1. The zero-order valence-corrected chi connectivity index (χ0v) is 24.1. The van der Waals surface area contributed by atoms with E-state index in [0.717, 1.165) is 19.5 Å². The molecule has 0 spiro atoms. The minimum absolute atomic E-state index is 0.110. The first-order valence-corrected chi connectivity index (χ1v) is 14.4. The van der Waals surface area contributed by atoms with Crippen LogP contribution in [0.15, 0.2) is 42.5 Å². The Bertz CT molecular complexity index is 1250. The summed E-state index contributed by atoms with van der Waals surface area (Å²) < 4.78 is 32.1. The third-order valence-electron chi connectivity index (χ3n) is 7.62.